The van der Waals surface area contributed by atoms with Crippen LogP contribution < -0.4 is 10.4 Å². The van der Waals surface area contributed by atoms with Gasteiger partial charge in [0.15, 0.2) is 0 Å². The normalized spacial score (nSPS) is 17.8. The minimum absolute atomic E-state index is 0.233. The van der Waals surface area contributed by atoms with Crippen molar-refractivity contribution in [3.05, 3.63) is 124 Å². The molecular formula is C36H36BrF4N3OSi. The molecule has 1 aliphatic rings. The summed E-state index contributed by atoms with van der Waals surface area (Å²) in [6.07, 6.45) is 2.09. The average molecular weight is 711 g/mol. The lowest BCUT2D eigenvalue weighted by Gasteiger charge is -2.46. The van der Waals surface area contributed by atoms with Crippen molar-refractivity contribution in [2.24, 2.45) is 0 Å². The second-order valence-corrected chi connectivity index (χ2v) is 18.4. The number of alkyl halides is 2. The molecule has 6 rings (SSSR count). The molecule has 240 valence electrons. The first kappa shape index (κ1) is 32.6. The van der Waals surface area contributed by atoms with Gasteiger partial charge >= 0.3 is 0 Å². The Kier molecular flexibility index (Phi) is 8.77. The third-order valence-corrected chi connectivity index (χ3v) is 14.6. The van der Waals surface area contributed by atoms with Crippen LogP contribution in [0.3, 0.4) is 0 Å². The van der Waals surface area contributed by atoms with Crippen LogP contribution in [0.4, 0.5) is 17.6 Å². The van der Waals surface area contributed by atoms with Crippen LogP contribution in [0.15, 0.2) is 95.6 Å². The summed E-state index contributed by atoms with van der Waals surface area (Å²) in [5, 5.41) is 9.19. The van der Waals surface area contributed by atoms with Crippen LogP contribution in [0.5, 0.6) is 0 Å². The zero-order chi connectivity index (χ0) is 32.9. The van der Waals surface area contributed by atoms with Crippen molar-refractivity contribution in [1.82, 2.24) is 15.1 Å². The Bertz CT molecular complexity index is 1780. The number of fused-ring (bicyclic) bond motifs is 3. The molecule has 0 radical (unpaired) electrons. The Labute approximate surface area is 276 Å². The molecule has 0 saturated carbocycles. The SMILES string of the molecule is C[C@@H]1Cc2c(ccc3[nH]ncc23)[C@@H](c2c(F)cc(Br)cc2F)N1CC(F)(F)CO[Si](c1ccccc1)(c1ccccc1)C(C)(C)C. The molecule has 4 aromatic carbocycles. The number of aromatic amines is 1. The van der Waals surface area contributed by atoms with E-state index < -0.39 is 56.1 Å². The number of hydrogen-bond donors (Lipinski definition) is 1. The van der Waals surface area contributed by atoms with Gasteiger partial charge in [0.1, 0.15) is 11.6 Å². The van der Waals surface area contributed by atoms with Gasteiger partial charge < -0.3 is 4.43 Å². The second kappa shape index (κ2) is 12.4. The van der Waals surface area contributed by atoms with Gasteiger partial charge in [0, 0.05) is 21.5 Å². The van der Waals surface area contributed by atoms with Gasteiger partial charge in [0.25, 0.3) is 14.2 Å². The van der Waals surface area contributed by atoms with E-state index in [1.54, 1.807) is 18.3 Å². The summed E-state index contributed by atoms with van der Waals surface area (Å²) in [6.45, 7) is 6.32. The summed E-state index contributed by atoms with van der Waals surface area (Å²) in [4.78, 5) is 1.53. The standard InChI is InChI=1S/C36H36BrF4N3OSi/c1-23-17-28-27(15-16-32-29(28)20-42-43-32)34(33-30(38)18-24(37)19-31(33)39)44(23)21-36(40,41)22-45-46(35(2,3)4,25-11-7-5-8-12-25)26-13-9-6-10-14-26/h5-16,18-20,23,34H,17,21-22H2,1-4H3,(H,42,43)/t23-,34+/m1/s1. The molecule has 2 atom stereocenters. The van der Waals surface area contributed by atoms with Gasteiger partial charge in [-0.05, 0) is 58.1 Å². The van der Waals surface area contributed by atoms with E-state index in [0.29, 0.717) is 12.0 Å². The Balaban J connectivity index is 1.41. The van der Waals surface area contributed by atoms with Crippen molar-refractivity contribution in [3.8, 4) is 0 Å². The molecule has 0 amide bonds. The molecular weight excluding hydrogens is 674 g/mol. The molecule has 0 saturated heterocycles. The molecule has 2 heterocycles. The Hall–Kier alpha value is -3.31. The van der Waals surface area contributed by atoms with E-state index in [1.807, 2.05) is 88.4 Å². The zero-order valence-electron chi connectivity index (χ0n) is 26.1. The van der Waals surface area contributed by atoms with E-state index in [0.717, 1.165) is 26.8 Å². The van der Waals surface area contributed by atoms with Crippen molar-refractivity contribution in [3.63, 3.8) is 0 Å². The molecule has 4 nitrogen and oxygen atoms in total. The Morgan fingerprint density at radius 1 is 0.935 bits per heavy atom. The summed E-state index contributed by atoms with van der Waals surface area (Å²) in [6, 6.07) is 23.6. The van der Waals surface area contributed by atoms with Crippen molar-refractivity contribution in [2.75, 3.05) is 13.2 Å². The summed E-state index contributed by atoms with van der Waals surface area (Å²) in [5.41, 5.74) is 1.94. The highest BCUT2D eigenvalue weighted by Gasteiger charge is 2.52. The van der Waals surface area contributed by atoms with Crippen LogP contribution in [-0.4, -0.2) is 48.5 Å². The second-order valence-electron chi connectivity index (χ2n) is 13.2. The van der Waals surface area contributed by atoms with Crippen LogP contribution in [0, 0.1) is 11.6 Å². The lowest BCUT2D eigenvalue weighted by Crippen LogP contribution is -2.67. The molecule has 5 aromatic rings. The molecule has 0 unspecified atom stereocenters. The minimum Gasteiger partial charge on any atom is -0.401 e. The van der Waals surface area contributed by atoms with E-state index in [4.69, 9.17) is 4.43 Å². The number of nitrogens with one attached hydrogen (secondary N) is 1. The first-order valence-electron chi connectivity index (χ1n) is 15.3. The van der Waals surface area contributed by atoms with Crippen LogP contribution in [0.25, 0.3) is 10.9 Å². The smallest absolute Gasteiger partial charge is 0.282 e. The summed E-state index contributed by atoms with van der Waals surface area (Å²) in [5.74, 6) is -4.97. The van der Waals surface area contributed by atoms with Crippen LogP contribution >= 0.6 is 15.9 Å². The molecule has 1 aromatic heterocycles. The van der Waals surface area contributed by atoms with E-state index in [-0.39, 0.29) is 10.0 Å². The van der Waals surface area contributed by atoms with Crippen molar-refractivity contribution in [1.29, 1.82) is 0 Å². The highest BCUT2D eigenvalue weighted by molar-refractivity contribution is 9.10. The first-order chi connectivity index (χ1) is 21.8. The third-order valence-electron chi connectivity index (χ3n) is 9.11. The monoisotopic (exact) mass is 709 g/mol. The minimum atomic E-state index is -3.36. The molecule has 46 heavy (non-hydrogen) atoms. The molecule has 0 fully saturated rings. The molecule has 1 N–H and O–H groups in total. The van der Waals surface area contributed by atoms with E-state index in [1.165, 1.54) is 17.0 Å². The fourth-order valence-corrected chi connectivity index (χ4v) is 12.1. The fourth-order valence-electron chi connectivity index (χ4n) is 7.09. The van der Waals surface area contributed by atoms with Gasteiger partial charge in [-0.25, -0.2) is 17.6 Å². The lowest BCUT2D eigenvalue weighted by molar-refractivity contribution is -0.0822. The Morgan fingerprint density at radius 3 is 2.09 bits per heavy atom. The van der Waals surface area contributed by atoms with E-state index in [9.17, 15) is 0 Å². The zero-order valence-corrected chi connectivity index (χ0v) is 28.7. The van der Waals surface area contributed by atoms with Gasteiger partial charge in [-0.1, -0.05) is 103 Å². The van der Waals surface area contributed by atoms with Crippen LogP contribution in [-0.2, 0) is 10.8 Å². The van der Waals surface area contributed by atoms with Gasteiger partial charge in [0.05, 0.1) is 30.9 Å². The largest absolute Gasteiger partial charge is 0.401 e. The predicted octanol–water partition coefficient (Wildman–Crippen LogP) is 8.15. The van der Waals surface area contributed by atoms with E-state index >= 15 is 17.6 Å². The number of rotatable bonds is 8. The van der Waals surface area contributed by atoms with Gasteiger partial charge in [0.2, 0.25) is 0 Å². The molecule has 10 heteroatoms. The number of H-pyrrole nitrogens is 1. The molecule has 0 bridgehead atoms. The number of nitrogens with zero attached hydrogens (tertiary/aromatic N) is 2. The maximum Gasteiger partial charge on any atom is 0.282 e. The van der Waals surface area contributed by atoms with Crippen molar-refractivity contribution < 1.29 is 22.0 Å². The van der Waals surface area contributed by atoms with Crippen LogP contribution in [0.1, 0.15) is 50.4 Å². The number of hydrogen-bond acceptors (Lipinski definition) is 3. The van der Waals surface area contributed by atoms with Gasteiger partial charge in [-0.3, -0.25) is 10.00 Å². The maximum atomic E-state index is 16.5. The maximum absolute atomic E-state index is 16.5. The molecule has 0 aliphatic carbocycles. The predicted molar refractivity (Wildman–Crippen MR) is 180 cm³/mol. The number of halogens is 5. The summed E-state index contributed by atoms with van der Waals surface area (Å²) in [7, 11) is -3.26. The van der Waals surface area contributed by atoms with Gasteiger partial charge in [-0.2, -0.15) is 5.10 Å². The Morgan fingerprint density at radius 2 is 1.52 bits per heavy atom. The van der Waals surface area contributed by atoms with Gasteiger partial charge in [-0.15, -0.1) is 0 Å². The highest BCUT2D eigenvalue weighted by atomic mass is 79.9. The topological polar surface area (TPSA) is 41.2 Å². The summed E-state index contributed by atoms with van der Waals surface area (Å²) < 4.78 is 71.2. The lowest BCUT2D eigenvalue weighted by atomic mass is 9.83. The first-order valence-corrected chi connectivity index (χ1v) is 18.0. The van der Waals surface area contributed by atoms with Crippen molar-refractivity contribution >= 4 is 45.5 Å². The quantitative estimate of drug-likeness (QED) is 0.131. The molecule has 0 spiro atoms. The van der Waals surface area contributed by atoms with Crippen molar-refractivity contribution in [2.45, 2.75) is 57.2 Å². The number of aromatic nitrogens is 2. The molecule has 1 aliphatic heterocycles. The van der Waals surface area contributed by atoms with Crippen LogP contribution in [0.2, 0.25) is 5.04 Å². The number of benzene rings is 4. The average Bonchev–Trinajstić information content (AvgIpc) is 3.48. The highest BCUT2D eigenvalue weighted by Crippen LogP contribution is 2.44. The third kappa shape index (κ3) is 5.85. The fraction of sp³-hybridized carbons (Fsp3) is 0.306. The summed E-state index contributed by atoms with van der Waals surface area (Å²) >= 11 is 3.16. The van der Waals surface area contributed by atoms with E-state index in [2.05, 4.69) is 26.1 Å².